The monoisotopic (exact) mass is 419 g/mol. The van der Waals surface area contributed by atoms with E-state index in [0.29, 0.717) is 28.1 Å². The fourth-order valence-electron chi connectivity index (χ4n) is 3.59. The molecular formula is C24H19F2N3O2. The highest BCUT2D eigenvalue weighted by Gasteiger charge is 2.20. The van der Waals surface area contributed by atoms with Gasteiger partial charge in [0.25, 0.3) is 5.56 Å². The van der Waals surface area contributed by atoms with Crippen LogP contribution in [0.2, 0.25) is 0 Å². The first-order valence-electron chi connectivity index (χ1n) is 9.57. The van der Waals surface area contributed by atoms with Gasteiger partial charge in [-0.05, 0) is 49.7 Å². The van der Waals surface area contributed by atoms with Crippen LogP contribution in [-0.4, -0.2) is 14.5 Å². The maximum atomic E-state index is 14.6. The molecule has 0 amide bonds. The Kier molecular flexibility index (Phi) is 5.33. The van der Waals surface area contributed by atoms with E-state index in [9.17, 15) is 13.6 Å². The summed E-state index contributed by atoms with van der Waals surface area (Å²) in [4.78, 5) is 20.6. The van der Waals surface area contributed by atoms with Crippen LogP contribution in [0.1, 0.15) is 22.7 Å². The van der Waals surface area contributed by atoms with E-state index in [-0.39, 0.29) is 5.56 Å². The Labute approximate surface area is 177 Å². The second kappa shape index (κ2) is 8.10. The van der Waals surface area contributed by atoms with Crippen molar-refractivity contribution >= 4 is 10.9 Å². The van der Waals surface area contributed by atoms with Gasteiger partial charge in [-0.1, -0.05) is 12.1 Å². The standard InChI is InChI=1S/C24H19F2N3O2/c1-4-20(22-15(3)10-16(25)11-19(22)26)29-13-28-23(30)18-12-17(7-8-21(18)29)31-24-14(2)6-5-9-27-24/h4-13,20H,1H2,2-3H3. The average Bonchev–Trinajstić information content (AvgIpc) is 2.73. The van der Waals surface area contributed by atoms with Gasteiger partial charge in [0.05, 0.1) is 16.9 Å². The number of benzene rings is 2. The zero-order valence-corrected chi connectivity index (χ0v) is 17.0. The summed E-state index contributed by atoms with van der Waals surface area (Å²) in [6.07, 6.45) is 4.48. The van der Waals surface area contributed by atoms with Gasteiger partial charge < -0.3 is 9.30 Å². The van der Waals surface area contributed by atoms with Gasteiger partial charge in [0.2, 0.25) is 5.88 Å². The molecule has 5 nitrogen and oxygen atoms in total. The smallest absolute Gasteiger partial charge is 0.280 e. The number of hydrogen-bond donors (Lipinski definition) is 0. The number of aromatic nitrogens is 3. The maximum Gasteiger partial charge on any atom is 0.280 e. The number of ether oxygens (including phenoxy) is 1. The number of fused-ring (bicyclic) bond motifs is 1. The molecule has 0 saturated heterocycles. The highest BCUT2D eigenvalue weighted by atomic mass is 19.1. The topological polar surface area (TPSA) is 57.0 Å². The number of allylic oxidation sites excluding steroid dienone is 1. The third-order valence-corrected chi connectivity index (χ3v) is 5.07. The molecular weight excluding hydrogens is 400 g/mol. The van der Waals surface area contributed by atoms with Gasteiger partial charge in [0, 0.05) is 23.4 Å². The van der Waals surface area contributed by atoms with Crippen molar-refractivity contribution < 1.29 is 13.5 Å². The Hall–Kier alpha value is -3.87. The number of halogens is 2. The largest absolute Gasteiger partial charge is 0.439 e. The van der Waals surface area contributed by atoms with Crippen LogP contribution >= 0.6 is 0 Å². The lowest BCUT2D eigenvalue weighted by Crippen LogP contribution is -2.18. The van der Waals surface area contributed by atoms with Gasteiger partial charge in [-0.2, -0.15) is 4.98 Å². The van der Waals surface area contributed by atoms with Crippen molar-refractivity contribution in [2.45, 2.75) is 19.9 Å². The molecule has 0 radical (unpaired) electrons. The second-order valence-corrected chi connectivity index (χ2v) is 7.16. The van der Waals surface area contributed by atoms with Crippen LogP contribution in [0.5, 0.6) is 11.6 Å². The molecule has 1 atom stereocenters. The predicted octanol–water partition coefficient (Wildman–Crippen LogP) is 5.25. The molecule has 0 N–H and O–H groups in total. The molecule has 1 unspecified atom stereocenters. The van der Waals surface area contributed by atoms with E-state index in [4.69, 9.17) is 4.74 Å². The van der Waals surface area contributed by atoms with Crippen molar-refractivity contribution in [3.63, 3.8) is 0 Å². The molecule has 156 valence electrons. The zero-order chi connectivity index (χ0) is 22.1. The minimum atomic E-state index is -0.695. The van der Waals surface area contributed by atoms with Crippen molar-refractivity contribution in [2.75, 3.05) is 0 Å². The second-order valence-electron chi connectivity index (χ2n) is 7.16. The Bertz CT molecular complexity index is 1340. The van der Waals surface area contributed by atoms with E-state index in [1.807, 2.05) is 13.0 Å². The first-order chi connectivity index (χ1) is 14.9. The molecule has 2 aromatic heterocycles. The highest BCUT2D eigenvalue weighted by Crippen LogP contribution is 2.30. The van der Waals surface area contributed by atoms with E-state index in [2.05, 4.69) is 16.5 Å². The van der Waals surface area contributed by atoms with Crippen LogP contribution in [0.15, 0.2) is 72.4 Å². The van der Waals surface area contributed by atoms with Crippen LogP contribution in [0.25, 0.3) is 10.9 Å². The van der Waals surface area contributed by atoms with E-state index in [1.165, 1.54) is 18.5 Å². The molecule has 0 aliphatic heterocycles. The molecule has 0 aliphatic rings. The summed E-state index contributed by atoms with van der Waals surface area (Å²) in [6.45, 7) is 7.30. The van der Waals surface area contributed by atoms with Gasteiger partial charge >= 0.3 is 0 Å². The summed E-state index contributed by atoms with van der Waals surface area (Å²) in [7, 11) is 0. The molecule has 0 aliphatic carbocycles. The number of nitrogens with zero attached hydrogens (tertiary/aromatic N) is 3. The minimum Gasteiger partial charge on any atom is -0.439 e. The normalized spacial score (nSPS) is 12.0. The van der Waals surface area contributed by atoms with Crippen molar-refractivity contribution in [3.05, 3.63) is 106 Å². The number of aryl methyl sites for hydroxylation is 2. The molecule has 4 rings (SSSR count). The fraction of sp³-hybridized carbons (Fsp3) is 0.125. The van der Waals surface area contributed by atoms with Crippen LogP contribution in [-0.2, 0) is 0 Å². The first kappa shape index (κ1) is 20.4. The number of rotatable bonds is 5. The van der Waals surface area contributed by atoms with Crippen LogP contribution < -0.4 is 10.3 Å². The summed E-state index contributed by atoms with van der Waals surface area (Å²) in [6, 6.07) is 10.0. The van der Waals surface area contributed by atoms with Gasteiger partial charge in [-0.3, -0.25) is 4.79 Å². The third kappa shape index (κ3) is 3.82. The summed E-state index contributed by atoms with van der Waals surface area (Å²) < 4.78 is 35.7. The minimum absolute atomic E-state index is 0.257. The molecule has 7 heteroatoms. The maximum absolute atomic E-state index is 14.6. The van der Waals surface area contributed by atoms with Crippen molar-refractivity contribution in [2.24, 2.45) is 0 Å². The van der Waals surface area contributed by atoms with Crippen LogP contribution in [0.4, 0.5) is 8.78 Å². The highest BCUT2D eigenvalue weighted by molar-refractivity contribution is 5.80. The Morgan fingerprint density at radius 1 is 1.10 bits per heavy atom. The lowest BCUT2D eigenvalue weighted by molar-refractivity contribution is 0.459. The molecule has 31 heavy (non-hydrogen) atoms. The molecule has 4 aromatic rings. The van der Waals surface area contributed by atoms with Crippen molar-refractivity contribution in [1.82, 2.24) is 14.5 Å². The van der Waals surface area contributed by atoms with Crippen molar-refractivity contribution in [3.8, 4) is 11.6 Å². The third-order valence-electron chi connectivity index (χ3n) is 5.07. The lowest BCUT2D eigenvalue weighted by atomic mass is 9.99. The zero-order valence-electron chi connectivity index (χ0n) is 17.0. The van der Waals surface area contributed by atoms with E-state index in [1.54, 1.807) is 42.0 Å². The summed E-state index contributed by atoms with van der Waals surface area (Å²) in [5, 5.41) is 0.292. The SMILES string of the molecule is C=CC(c1c(C)cc(F)cc1F)n1cnc(=O)c2cc(Oc3ncccc3C)ccc21. The molecule has 0 spiro atoms. The number of pyridine rings is 1. The fourth-order valence-corrected chi connectivity index (χ4v) is 3.59. The summed E-state index contributed by atoms with van der Waals surface area (Å²) in [5.74, 6) is -0.500. The average molecular weight is 419 g/mol. The van der Waals surface area contributed by atoms with Crippen molar-refractivity contribution in [1.29, 1.82) is 0 Å². The molecule has 0 saturated carbocycles. The quantitative estimate of drug-likeness (QED) is 0.415. The van der Waals surface area contributed by atoms with Crippen LogP contribution in [0.3, 0.4) is 0 Å². The molecule has 0 fully saturated rings. The Balaban J connectivity index is 1.84. The van der Waals surface area contributed by atoms with Gasteiger partial charge in [0.15, 0.2) is 0 Å². The lowest BCUT2D eigenvalue weighted by Gasteiger charge is -2.22. The van der Waals surface area contributed by atoms with Gasteiger partial charge in [-0.15, -0.1) is 6.58 Å². The molecule has 2 aromatic carbocycles. The molecule has 0 bridgehead atoms. The van der Waals surface area contributed by atoms with Gasteiger partial charge in [0.1, 0.15) is 23.7 Å². The van der Waals surface area contributed by atoms with E-state index in [0.717, 1.165) is 11.6 Å². The Morgan fingerprint density at radius 2 is 1.90 bits per heavy atom. The molecule has 2 heterocycles. The Morgan fingerprint density at radius 3 is 2.61 bits per heavy atom. The summed E-state index contributed by atoms with van der Waals surface area (Å²) >= 11 is 0. The summed E-state index contributed by atoms with van der Waals surface area (Å²) in [5.41, 5.74) is 1.60. The number of hydrogen-bond acceptors (Lipinski definition) is 4. The first-order valence-corrected chi connectivity index (χ1v) is 9.57. The van der Waals surface area contributed by atoms with E-state index < -0.39 is 23.2 Å². The van der Waals surface area contributed by atoms with Gasteiger partial charge in [-0.25, -0.2) is 13.8 Å². The predicted molar refractivity (Wildman–Crippen MR) is 114 cm³/mol. The van der Waals surface area contributed by atoms with Crippen LogP contribution in [0, 0.1) is 25.5 Å². The van der Waals surface area contributed by atoms with E-state index >= 15 is 0 Å².